The molecule has 0 saturated heterocycles. The van der Waals surface area contributed by atoms with Gasteiger partial charge in [0.1, 0.15) is 0 Å². The van der Waals surface area contributed by atoms with Gasteiger partial charge in [-0.3, -0.25) is 0 Å². The monoisotopic (exact) mass is 495 g/mol. The second-order valence-corrected chi connectivity index (χ2v) is 11.0. The van der Waals surface area contributed by atoms with Crippen molar-refractivity contribution in [3.63, 3.8) is 0 Å². The van der Waals surface area contributed by atoms with Gasteiger partial charge in [-0.25, -0.2) is 0 Å². The minimum atomic E-state index is 0.439. The molecule has 0 fully saturated rings. The molecule has 0 aliphatic heterocycles. The minimum absolute atomic E-state index is 0.439. The van der Waals surface area contributed by atoms with Crippen LogP contribution in [-0.4, -0.2) is 4.40 Å². The molecule has 0 spiro atoms. The van der Waals surface area contributed by atoms with E-state index in [0.29, 0.717) is 5.92 Å². The predicted molar refractivity (Wildman–Crippen MR) is 167 cm³/mol. The van der Waals surface area contributed by atoms with Gasteiger partial charge in [0.15, 0.2) is 0 Å². The topological polar surface area (TPSA) is 4.41 Å². The zero-order chi connectivity index (χ0) is 25.5. The Balaban J connectivity index is 1.41. The van der Waals surface area contributed by atoms with E-state index < -0.39 is 0 Å². The summed E-state index contributed by atoms with van der Waals surface area (Å²) >= 11 is 0. The van der Waals surface area contributed by atoms with Gasteiger partial charge in [-0.2, -0.15) is 0 Å². The molecule has 2 heterocycles. The van der Waals surface area contributed by atoms with E-state index in [9.17, 15) is 0 Å². The van der Waals surface area contributed by atoms with Crippen molar-refractivity contribution in [1.29, 1.82) is 0 Å². The van der Waals surface area contributed by atoms with Crippen LogP contribution in [0.4, 0.5) is 0 Å². The standard InChI is InChI=1S/C38H25N/c1-2-9-24(10-3-1)25-15-8-16-26(17-25)31-20-34-32-18-27-11-4-6-13-29(27)22-36(32)39-37-23-30-14-7-5-12-28(30)19-33(37)35(21-31)38(34)39/h1-9,11-24H,10H2. The smallest absolute Gasteiger partial charge is 0.0620 e. The molecule has 1 aliphatic carbocycles. The number of fused-ring (bicyclic) bond motifs is 8. The molecule has 1 nitrogen and oxygen atoms in total. The molecule has 6 aromatic carbocycles. The third-order valence-electron chi connectivity index (χ3n) is 8.75. The van der Waals surface area contributed by atoms with Crippen LogP contribution in [0.5, 0.6) is 0 Å². The van der Waals surface area contributed by atoms with Gasteiger partial charge in [0.05, 0.1) is 16.6 Å². The molecular formula is C38H25N. The molecule has 0 amide bonds. The first-order chi connectivity index (χ1) is 19.3. The summed E-state index contributed by atoms with van der Waals surface area (Å²) in [4.78, 5) is 0. The Labute approximate surface area is 226 Å². The quantitative estimate of drug-likeness (QED) is 0.225. The van der Waals surface area contributed by atoms with Crippen molar-refractivity contribution in [1.82, 2.24) is 4.40 Å². The van der Waals surface area contributed by atoms with E-state index in [0.717, 1.165) is 6.42 Å². The Morgan fingerprint density at radius 1 is 0.513 bits per heavy atom. The largest absolute Gasteiger partial charge is 0.308 e. The van der Waals surface area contributed by atoms with Crippen molar-refractivity contribution >= 4 is 59.6 Å². The first kappa shape index (κ1) is 21.1. The van der Waals surface area contributed by atoms with E-state index in [1.165, 1.54) is 76.3 Å². The molecule has 0 bridgehead atoms. The maximum atomic E-state index is 2.51. The lowest BCUT2D eigenvalue weighted by molar-refractivity contribution is 0.854. The zero-order valence-electron chi connectivity index (χ0n) is 21.4. The van der Waals surface area contributed by atoms with Crippen molar-refractivity contribution in [2.24, 2.45) is 0 Å². The molecule has 0 saturated carbocycles. The lowest BCUT2D eigenvalue weighted by Gasteiger charge is -2.15. The highest BCUT2D eigenvalue weighted by molar-refractivity contribution is 6.26. The Kier molecular flexibility index (Phi) is 4.23. The van der Waals surface area contributed by atoms with Gasteiger partial charge < -0.3 is 4.40 Å². The SMILES string of the molecule is C1=CCC(c2cccc(-c3cc4c5cc6ccccc6cc5n5c6cc7ccccc7cc6c(c3)c45)c2)C=C1. The number of nitrogens with zero attached hydrogens (tertiary/aromatic N) is 1. The Hall–Kier alpha value is -4.88. The molecule has 182 valence electrons. The fourth-order valence-corrected chi connectivity index (χ4v) is 6.86. The second kappa shape index (κ2) is 7.82. The maximum absolute atomic E-state index is 2.51. The van der Waals surface area contributed by atoms with Crippen LogP contribution in [0.3, 0.4) is 0 Å². The lowest BCUT2D eigenvalue weighted by Crippen LogP contribution is -1.96. The molecule has 0 radical (unpaired) electrons. The van der Waals surface area contributed by atoms with Gasteiger partial charge in [0.25, 0.3) is 0 Å². The summed E-state index contributed by atoms with van der Waals surface area (Å²) in [5.74, 6) is 0.439. The normalized spacial score (nSPS) is 15.6. The highest BCUT2D eigenvalue weighted by Gasteiger charge is 2.20. The minimum Gasteiger partial charge on any atom is -0.308 e. The molecule has 1 heteroatoms. The number of rotatable bonds is 2. The Morgan fingerprint density at radius 2 is 1.13 bits per heavy atom. The van der Waals surface area contributed by atoms with E-state index in [1.54, 1.807) is 0 Å². The highest BCUT2D eigenvalue weighted by atomic mass is 14.9. The van der Waals surface area contributed by atoms with Gasteiger partial charge >= 0.3 is 0 Å². The molecule has 1 unspecified atom stereocenters. The molecule has 1 atom stereocenters. The molecule has 2 aromatic heterocycles. The summed E-state index contributed by atoms with van der Waals surface area (Å²) < 4.78 is 2.51. The van der Waals surface area contributed by atoms with Crippen molar-refractivity contribution in [2.75, 3.05) is 0 Å². The molecular weight excluding hydrogens is 470 g/mol. The van der Waals surface area contributed by atoms with Crippen LogP contribution in [0.15, 0.2) is 133 Å². The second-order valence-electron chi connectivity index (χ2n) is 11.0. The third-order valence-corrected chi connectivity index (χ3v) is 8.75. The molecule has 9 rings (SSSR count). The van der Waals surface area contributed by atoms with Crippen LogP contribution < -0.4 is 0 Å². The summed E-state index contributed by atoms with van der Waals surface area (Å²) in [7, 11) is 0. The van der Waals surface area contributed by atoms with Crippen LogP contribution in [-0.2, 0) is 0 Å². The molecule has 0 N–H and O–H groups in total. The van der Waals surface area contributed by atoms with Gasteiger partial charge in [-0.05, 0) is 81.1 Å². The summed E-state index contributed by atoms with van der Waals surface area (Å²) in [6.07, 6.45) is 9.97. The van der Waals surface area contributed by atoms with E-state index >= 15 is 0 Å². The van der Waals surface area contributed by atoms with Crippen LogP contribution in [0, 0.1) is 0 Å². The van der Waals surface area contributed by atoms with Gasteiger partial charge in [0, 0.05) is 27.5 Å². The molecule has 1 aliphatic rings. The average molecular weight is 496 g/mol. The van der Waals surface area contributed by atoms with Crippen LogP contribution in [0.25, 0.3) is 70.8 Å². The summed E-state index contributed by atoms with van der Waals surface area (Å²) in [6, 6.07) is 41.0. The van der Waals surface area contributed by atoms with E-state index in [1.807, 2.05) is 0 Å². The predicted octanol–water partition coefficient (Wildman–Crippen LogP) is 10.4. The highest BCUT2D eigenvalue weighted by Crippen LogP contribution is 2.44. The van der Waals surface area contributed by atoms with Gasteiger partial charge in [0.2, 0.25) is 0 Å². The van der Waals surface area contributed by atoms with Crippen LogP contribution in [0.2, 0.25) is 0 Å². The van der Waals surface area contributed by atoms with Crippen molar-refractivity contribution in [3.8, 4) is 11.1 Å². The first-order valence-corrected chi connectivity index (χ1v) is 13.8. The van der Waals surface area contributed by atoms with Crippen molar-refractivity contribution in [2.45, 2.75) is 12.3 Å². The maximum Gasteiger partial charge on any atom is 0.0620 e. The van der Waals surface area contributed by atoms with Crippen LogP contribution >= 0.6 is 0 Å². The van der Waals surface area contributed by atoms with Gasteiger partial charge in [-0.1, -0.05) is 97.1 Å². The fourth-order valence-electron chi connectivity index (χ4n) is 6.86. The third kappa shape index (κ3) is 3.02. The fraction of sp³-hybridized carbons (Fsp3) is 0.0526. The number of hydrogen-bond donors (Lipinski definition) is 0. The van der Waals surface area contributed by atoms with Crippen molar-refractivity contribution < 1.29 is 0 Å². The first-order valence-electron chi connectivity index (χ1n) is 13.8. The van der Waals surface area contributed by atoms with E-state index in [4.69, 9.17) is 0 Å². The summed E-state index contributed by atoms with van der Waals surface area (Å²) in [5, 5.41) is 10.4. The zero-order valence-corrected chi connectivity index (χ0v) is 21.4. The number of allylic oxidation sites excluding steroid dienone is 4. The average Bonchev–Trinajstić information content (AvgIpc) is 3.49. The summed E-state index contributed by atoms with van der Waals surface area (Å²) in [5.41, 5.74) is 7.83. The van der Waals surface area contributed by atoms with Gasteiger partial charge in [-0.15, -0.1) is 0 Å². The Morgan fingerprint density at radius 3 is 1.72 bits per heavy atom. The molecule has 39 heavy (non-hydrogen) atoms. The van der Waals surface area contributed by atoms with E-state index in [2.05, 4.69) is 138 Å². The van der Waals surface area contributed by atoms with Crippen LogP contribution in [0.1, 0.15) is 17.9 Å². The lowest BCUT2D eigenvalue weighted by atomic mass is 9.90. The number of aromatic nitrogens is 1. The number of benzene rings is 6. The van der Waals surface area contributed by atoms with Crippen molar-refractivity contribution in [3.05, 3.63) is 139 Å². The number of hydrogen-bond acceptors (Lipinski definition) is 0. The molecule has 8 aromatic rings. The Bertz CT molecular complexity index is 2190. The van der Waals surface area contributed by atoms with E-state index in [-0.39, 0.29) is 0 Å². The summed E-state index contributed by atoms with van der Waals surface area (Å²) in [6.45, 7) is 0.